The van der Waals surface area contributed by atoms with Gasteiger partial charge in [0.15, 0.2) is 0 Å². The van der Waals surface area contributed by atoms with Crippen LogP contribution >= 0.6 is 12.4 Å². The number of rotatable bonds is 1. The predicted octanol–water partition coefficient (Wildman–Crippen LogP) is 3.99. The van der Waals surface area contributed by atoms with Crippen LogP contribution in [0.25, 0.3) is 10.8 Å². The zero-order valence-corrected chi connectivity index (χ0v) is 10.7. The van der Waals surface area contributed by atoms with Gasteiger partial charge in [0, 0.05) is 5.54 Å². The average Bonchev–Trinajstić information content (AvgIpc) is 2.77. The topological polar surface area (TPSA) is 26.0 Å². The fourth-order valence-corrected chi connectivity index (χ4v) is 2.93. The maximum Gasteiger partial charge on any atom is 0.0415 e. The van der Waals surface area contributed by atoms with Gasteiger partial charge < -0.3 is 5.73 Å². The van der Waals surface area contributed by atoms with Gasteiger partial charge >= 0.3 is 0 Å². The number of benzene rings is 2. The van der Waals surface area contributed by atoms with E-state index >= 15 is 0 Å². The van der Waals surface area contributed by atoms with Crippen LogP contribution in [0.4, 0.5) is 0 Å². The molecule has 2 aromatic carbocycles. The molecule has 0 heterocycles. The molecule has 3 rings (SSSR count). The molecule has 1 aliphatic carbocycles. The molecule has 0 atom stereocenters. The summed E-state index contributed by atoms with van der Waals surface area (Å²) < 4.78 is 0. The summed E-state index contributed by atoms with van der Waals surface area (Å²) in [5, 5.41) is 2.63. The smallest absolute Gasteiger partial charge is 0.0415 e. The molecule has 0 radical (unpaired) electrons. The molecule has 0 saturated heterocycles. The van der Waals surface area contributed by atoms with Crippen molar-refractivity contribution in [2.24, 2.45) is 5.73 Å². The molecule has 0 bridgehead atoms. The van der Waals surface area contributed by atoms with Crippen LogP contribution in [0.2, 0.25) is 0 Å². The van der Waals surface area contributed by atoms with E-state index in [1.165, 1.54) is 29.2 Å². The predicted molar refractivity (Wildman–Crippen MR) is 75.5 cm³/mol. The Labute approximate surface area is 108 Å². The number of hydrogen-bond acceptors (Lipinski definition) is 1. The van der Waals surface area contributed by atoms with Gasteiger partial charge in [0.05, 0.1) is 0 Å². The summed E-state index contributed by atoms with van der Waals surface area (Å²) in [6.07, 6.45) is 4.78. The Morgan fingerprint density at radius 1 is 0.882 bits per heavy atom. The number of fused-ring (bicyclic) bond motifs is 1. The maximum absolute atomic E-state index is 6.55. The van der Waals surface area contributed by atoms with E-state index in [2.05, 4.69) is 42.5 Å². The molecule has 2 N–H and O–H groups in total. The van der Waals surface area contributed by atoms with Gasteiger partial charge in [-0.2, -0.15) is 0 Å². The normalized spacial score (nSPS) is 17.9. The van der Waals surface area contributed by atoms with Crippen molar-refractivity contribution >= 4 is 23.2 Å². The number of hydrogen-bond donors (Lipinski definition) is 1. The first-order valence-electron chi connectivity index (χ1n) is 6.07. The summed E-state index contributed by atoms with van der Waals surface area (Å²) >= 11 is 0. The summed E-state index contributed by atoms with van der Waals surface area (Å²) in [7, 11) is 0. The largest absolute Gasteiger partial charge is 0.321 e. The van der Waals surface area contributed by atoms with Crippen LogP contribution in [0, 0.1) is 0 Å². The summed E-state index contributed by atoms with van der Waals surface area (Å²) in [5.41, 5.74) is 7.80. The van der Waals surface area contributed by atoms with Gasteiger partial charge in [-0.3, -0.25) is 0 Å². The van der Waals surface area contributed by atoms with Crippen molar-refractivity contribution in [1.82, 2.24) is 0 Å². The molecule has 1 nitrogen and oxygen atoms in total. The minimum absolute atomic E-state index is 0. The Balaban J connectivity index is 0.00000108. The average molecular weight is 248 g/mol. The number of nitrogens with two attached hydrogens (primary N) is 1. The van der Waals surface area contributed by atoms with Crippen LogP contribution in [-0.2, 0) is 5.54 Å². The first kappa shape index (κ1) is 12.4. The van der Waals surface area contributed by atoms with Crippen molar-refractivity contribution in [3.05, 3.63) is 48.0 Å². The van der Waals surface area contributed by atoms with E-state index < -0.39 is 0 Å². The molecule has 1 aliphatic rings. The lowest BCUT2D eigenvalue weighted by molar-refractivity contribution is 0.466. The van der Waals surface area contributed by atoms with E-state index in [1.807, 2.05) is 0 Å². The standard InChI is InChI=1S/C15H17N.ClH/c16-15(10-3-4-11-15)14-9-5-7-12-6-1-2-8-13(12)14;/h1-2,5-9H,3-4,10-11,16H2;1H. The highest BCUT2D eigenvalue weighted by Gasteiger charge is 2.32. The summed E-state index contributed by atoms with van der Waals surface area (Å²) in [6, 6.07) is 15.0. The first-order valence-corrected chi connectivity index (χ1v) is 6.07. The van der Waals surface area contributed by atoms with E-state index in [-0.39, 0.29) is 17.9 Å². The van der Waals surface area contributed by atoms with Crippen LogP contribution in [-0.4, -0.2) is 0 Å². The minimum Gasteiger partial charge on any atom is -0.321 e. The molecule has 1 fully saturated rings. The molecule has 2 aromatic rings. The molecule has 0 aromatic heterocycles. The lowest BCUT2D eigenvalue weighted by Crippen LogP contribution is -2.33. The SMILES string of the molecule is Cl.NC1(c2cccc3ccccc23)CCCC1. The molecule has 0 unspecified atom stereocenters. The fourth-order valence-electron chi connectivity index (χ4n) is 2.93. The Hall–Kier alpha value is -1.05. The van der Waals surface area contributed by atoms with Crippen molar-refractivity contribution in [2.45, 2.75) is 31.2 Å². The van der Waals surface area contributed by atoms with Crippen LogP contribution in [0.1, 0.15) is 31.2 Å². The lowest BCUT2D eigenvalue weighted by atomic mass is 9.86. The zero-order valence-electron chi connectivity index (χ0n) is 9.86. The third-order valence-corrected chi connectivity index (χ3v) is 3.82. The van der Waals surface area contributed by atoms with Crippen molar-refractivity contribution < 1.29 is 0 Å². The highest BCUT2D eigenvalue weighted by molar-refractivity contribution is 5.86. The molecule has 0 amide bonds. The van der Waals surface area contributed by atoms with Gasteiger partial charge in [-0.05, 0) is 29.2 Å². The van der Waals surface area contributed by atoms with Crippen LogP contribution in [0.5, 0.6) is 0 Å². The van der Waals surface area contributed by atoms with E-state index in [9.17, 15) is 0 Å². The molecule has 2 heteroatoms. The summed E-state index contributed by atoms with van der Waals surface area (Å²) in [5.74, 6) is 0. The van der Waals surface area contributed by atoms with E-state index in [4.69, 9.17) is 5.73 Å². The van der Waals surface area contributed by atoms with Crippen LogP contribution in [0.15, 0.2) is 42.5 Å². The number of halogens is 1. The summed E-state index contributed by atoms with van der Waals surface area (Å²) in [6.45, 7) is 0. The molecule has 1 saturated carbocycles. The third-order valence-electron chi connectivity index (χ3n) is 3.82. The zero-order chi connectivity index (χ0) is 11.0. The summed E-state index contributed by atoms with van der Waals surface area (Å²) in [4.78, 5) is 0. The molecule has 17 heavy (non-hydrogen) atoms. The van der Waals surface area contributed by atoms with Crippen molar-refractivity contribution in [1.29, 1.82) is 0 Å². The van der Waals surface area contributed by atoms with Gasteiger partial charge in [0.25, 0.3) is 0 Å². The van der Waals surface area contributed by atoms with Crippen molar-refractivity contribution in [2.75, 3.05) is 0 Å². The van der Waals surface area contributed by atoms with Gasteiger partial charge in [-0.1, -0.05) is 55.3 Å². The van der Waals surface area contributed by atoms with Crippen molar-refractivity contribution in [3.63, 3.8) is 0 Å². The minimum atomic E-state index is -0.0825. The maximum atomic E-state index is 6.55. The van der Waals surface area contributed by atoms with E-state index in [0.29, 0.717) is 0 Å². The van der Waals surface area contributed by atoms with Gasteiger partial charge in [-0.25, -0.2) is 0 Å². The monoisotopic (exact) mass is 247 g/mol. The van der Waals surface area contributed by atoms with Crippen LogP contribution < -0.4 is 5.73 Å². The van der Waals surface area contributed by atoms with Crippen molar-refractivity contribution in [3.8, 4) is 0 Å². The highest BCUT2D eigenvalue weighted by Crippen LogP contribution is 2.39. The van der Waals surface area contributed by atoms with Gasteiger partial charge in [0.1, 0.15) is 0 Å². The first-order chi connectivity index (χ1) is 7.80. The Bertz CT molecular complexity index is 510. The van der Waals surface area contributed by atoms with E-state index in [1.54, 1.807) is 0 Å². The Morgan fingerprint density at radius 2 is 1.53 bits per heavy atom. The fraction of sp³-hybridized carbons (Fsp3) is 0.333. The second-order valence-electron chi connectivity index (χ2n) is 4.89. The van der Waals surface area contributed by atoms with E-state index in [0.717, 1.165) is 12.8 Å². The molecule has 0 spiro atoms. The second-order valence-corrected chi connectivity index (χ2v) is 4.89. The molecule has 0 aliphatic heterocycles. The third kappa shape index (κ3) is 2.05. The Morgan fingerprint density at radius 3 is 2.29 bits per heavy atom. The molecule has 90 valence electrons. The molecular weight excluding hydrogens is 230 g/mol. The quantitative estimate of drug-likeness (QED) is 0.810. The lowest BCUT2D eigenvalue weighted by Gasteiger charge is -2.25. The Kier molecular flexibility index (Phi) is 3.41. The van der Waals surface area contributed by atoms with Crippen LogP contribution in [0.3, 0.4) is 0 Å². The highest BCUT2D eigenvalue weighted by atomic mass is 35.5. The second kappa shape index (κ2) is 4.67. The molecular formula is C15H18ClN. The van der Waals surface area contributed by atoms with Gasteiger partial charge in [-0.15, -0.1) is 12.4 Å². The van der Waals surface area contributed by atoms with Gasteiger partial charge in [0.2, 0.25) is 0 Å².